The number of hydrogen-bond acceptors (Lipinski definition) is 6. The molecule has 0 spiro atoms. The molecule has 0 atom stereocenters. The molecular weight excluding hydrogens is 1050 g/mol. The Bertz CT molecular complexity index is 3000. The quantitative estimate of drug-likeness (QED) is 0.0256. The molecule has 8 heteroatoms. The fourth-order valence-electron chi connectivity index (χ4n) is 11.9. The lowest BCUT2D eigenvalue weighted by Crippen LogP contribution is -1.99. The molecule has 0 N–H and O–H groups in total. The molecule has 0 aliphatic carbocycles. The third-order valence-electron chi connectivity index (χ3n) is 15.8. The van der Waals surface area contributed by atoms with Gasteiger partial charge in [-0.1, -0.05) is 181 Å². The highest BCUT2D eigenvalue weighted by molar-refractivity contribution is 9.11. The van der Waals surface area contributed by atoms with Crippen molar-refractivity contribution in [3.63, 3.8) is 0 Å². The SMILES string of the molecule is CCCCCCCCCCCCCCCCc1cc2c3nc4cc5cc(Br)sc5cc4nc3c3cc(CCCCCCCCCCCCCCCC)cc4c5nc6cc7cc(Br)sc7cc6nc5c(c1)c2c43. The van der Waals surface area contributed by atoms with Gasteiger partial charge in [0.05, 0.1) is 51.7 Å². The number of halogens is 2. The number of aryl methyl sites for hydroxylation is 2. The number of aromatic nitrogens is 4. The third-order valence-corrected chi connectivity index (χ3v) is 19.1. The van der Waals surface area contributed by atoms with Crippen LogP contribution in [0.25, 0.3) is 96.6 Å². The van der Waals surface area contributed by atoms with Crippen LogP contribution >= 0.6 is 54.5 Å². The van der Waals surface area contributed by atoms with Crippen molar-refractivity contribution in [2.45, 2.75) is 206 Å². The molecule has 0 fully saturated rings. The van der Waals surface area contributed by atoms with E-state index in [0.29, 0.717) is 0 Å². The number of rotatable bonds is 30. The molecule has 10 rings (SSSR count). The Kier molecular flexibility index (Phi) is 18.3. The van der Waals surface area contributed by atoms with Crippen molar-refractivity contribution < 1.29 is 0 Å². The predicted molar refractivity (Wildman–Crippen MR) is 326 cm³/mol. The smallest absolute Gasteiger partial charge is 0.0979 e. The summed E-state index contributed by atoms with van der Waals surface area (Å²) in [6.45, 7) is 4.61. The summed E-state index contributed by atoms with van der Waals surface area (Å²) in [5.74, 6) is 0. The molecular formula is C64H76Br2N4S2. The van der Waals surface area contributed by atoms with Gasteiger partial charge in [0.2, 0.25) is 0 Å². The summed E-state index contributed by atoms with van der Waals surface area (Å²) in [6, 6.07) is 23.3. The molecule has 4 nitrogen and oxygen atoms in total. The first kappa shape index (κ1) is 51.9. The van der Waals surface area contributed by atoms with Crippen LogP contribution in [-0.2, 0) is 12.8 Å². The second-order valence-electron chi connectivity index (χ2n) is 21.5. The van der Waals surface area contributed by atoms with Crippen LogP contribution in [-0.4, -0.2) is 19.9 Å². The Morgan fingerprint density at radius 1 is 0.319 bits per heavy atom. The van der Waals surface area contributed by atoms with Gasteiger partial charge in [0.15, 0.2) is 0 Å². The van der Waals surface area contributed by atoms with Gasteiger partial charge in [0.25, 0.3) is 0 Å². The van der Waals surface area contributed by atoms with Crippen molar-refractivity contribution in [2.24, 2.45) is 0 Å². The van der Waals surface area contributed by atoms with Crippen molar-refractivity contribution in [1.29, 1.82) is 0 Å². The maximum atomic E-state index is 5.63. The van der Waals surface area contributed by atoms with Gasteiger partial charge in [-0.05, 0) is 140 Å². The molecule has 0 amide bonds. The second kappa shape index (κ2) is 25.3. The number of hydrogen-bond donors (Lipinski definition) is 0. The third kappa shape index (κ3) is 12.2. The van der Waals surface area contributed by atoms with E-state index in [1.165, 1.54) is 243 Å². The van der Waals surface area contributed by atoms with E-state index in [0.717, 1.165) is 64.5 Å². The Labute approximate surface area is 453 Å². The first-order valence-corrected chi connectivity index (χ1v) is 31.8. The van der Waals surface area contributed by atoms with Gasteiger partial charge in [-0.25, -0.2) is 19.9 Å². The average Bonchev–Trinajstić information content (AvgIpc) is 3.94. The number of benzene rings is 6. The van der Waals surface area contributed by atoms with E-state index in [2.05, 4.69) is 106 Å². The van der Waals surface area contributed by atoms with E-state index in [1.807, 2.05) is 0 Å². The first-order chi connectivity index (χ1) is 35.4. The van der Waals surface area contributed by atoms with Crippen LogP contribution in [0.5, 0.6) is 0 Å². The van der Waals surface area contributed by atoms with E-state index >= 15 is 0 Å². The highest BCUT2D eigenvalue weighted by atomic mass is 79.9. The Morgan fingerprint density at radius 3 is 0.875 bits per heavy atom. The first-order valence-electron chi connectivity index (χ1n) is 28.6. The zero-order valence-electron chi connectivity index (χ0n) is 43.3. The Hall–Kier alpha value is -3.56. The summed E-state index contributed by atoms with van der Waals surface area (Å²) >= 11 is 11.1. The van der Waals surface area contributed by atoms with Crippen LogP contribution in [0.2, 0.25) is 0 Å². The average molecular weight is 1130 g/mol. The molecule has 0 aliphatic rings. The van der Waals surface area contributed by atoms with Crippen LogP contribution in [0.4, 0.5) is 0 Å². The zero-order chi connectivity index (χ0) is 49.2. The largest absolute Gasteiger partial charge is 0.244 e. The van der Waals surface area contributed by atoms with Gasteiger partial charge >= 0.3 is 0 Å². The number of thiophene rings is 2. The summed E-state index contributed by atoms with van der Waals surface area (Å²) in [5, 5.41) is 9.72. The minimum absolute atomic E-state index is 0.952. The van der Waals surface area contributed by atoms with E-state index in [-0.39, 0.29) is 0 Å². The molecule has 0 radical (unpaired) electrons. The summed E-state index contributed by atoms with van der Waals surface area (Å²) < 4.78 is 4.72. The normalized spacial score (nSPS) is 12.4. The predicted octanol–water partition coefficient (Wildman–Crippen LogP) is 22.8. The molecule has 72 heavy (non-hydrogen) atoms. The minimum Gasteiger partial charge on any atom is -0.244 e. The van der Waals surface area contributed by atoms with E-state index in [9.17, 15) is 0 Å². The highest BCUT2D eigenvalue weighted by Gasteiger charge is 2.23. The topological polar surface area (TPSA) is 51.6 Å². The molecule has 0 saturated heterocycles. The number of unbranched alkanes of at least 4 members (excludes halogenated alkanes) is 26. The fourth-order valence-corrected chi connectivity index (χ4v) is 15.0. The second-order valence-corrected chi connectivity index (χ2v) is 26.5. The molecule has 6 aromatic carbocycles. The lowest BCUT2D eigenvalue weighted by atomic mass is 9.87. The summed E-state index contributed by atoms with van der Waals surface area (Å²) in [5.41, 5.74) is 10.6. The lowest BCUT2D eigenvalue weighted by molar-refractivity contribution is 0.535. The van der Waals surface area contributed by atoms with Crippen LogP contribution in [0.15, 0.2) is 68.2 Å². The van der Waals surface area contributed by atoms with Crippen molar-refractivity contribution >= 4 is 151 Å². The zero-order valence-corrected chi connectivity index (χ0v) is 48.2. The van der Waals surface area contributed by atoms with Gasteiger partial charge in [0, 0.05) is 41.7 Å². The summed E-state index contributed by atoms with van der Waals surface area (Å²) in [7, 11) is 0. The van der Waals surface area contributed by atoms with Gasteiger partial charge in [-0.15, -0.1) is 22.7 Å². The van der Waals surface area contributed by atoms with E-state index < -0.39 is 0 Å². The number of nitrogens with zero attached hydrogens (tertiary/aromatic N) is 4. The van der Waals surface area contributed by atoms with E-state index in [1.54, 1.807) is 22.7 Å². The Morgan fingerprint density at radius 2 is 0.583 bits per heavy atom. The molecule has 10 aromatic rings. The minimum atomic E-state index is 0.952. The van der Waals surface area contributed by atoms with Crippen LogP contribution in [0.1, 0.15) is 205 Å². The van der Waals surface area contributed by atoms with Crippen molar-refractivity contribution in [2.75, 3.05) is 0 Å². The van der Waals surface area contributed by atoms with Crippen molar-refractivity contribution in [1.82, 2.24) is 19.9 Å². The monoisotopic (exact) mass is 1120 g/mol. The highest BCUT2D eigenvalue weighted by Crippen LogP contribution is 2.46. The maximum absolute atomic E-state index is 5.63. The summed E-state index contributed by atoms with van der Waals surface area (Å²) in [4.78, 5) is 22.5. The van der Waals surface area contributed by atoms with Crippen LogP contribution < -0.4 is 0 Å². The standard InChI is InChI=1S/C64H76Br2N4S2/c1-3-5-7-9-11-13-15-17-19-21-23-25-27-29-31-43-33-47-59-49(35-43)63-62(68-52-38-46-40-58(66)71-55(46)41-53(52)69-63)48-34-44(32-30-28-26-24-22-20-18-16-14-12-10-8-6-4-2)36-50(60(48)59)64-61(47)67-51-37-45-39-57(65)72-56(45)42-54(51)70-64/h33-42H,3-32H2,1-2H3. The number of fused-ring (bicyclic) bond motifs is 10. The summed E-state index contributed by atoms with van der Waals surface area (Å²) in [6.07, 6.45) is 40.3. The van der Waals surface area contributed by atoms with Gasteiger partial charge in [-0.2, -0.15) is 0 Å². The van der Waals surface area contributed by atoms with Gasteiger partial charge in [0.1, 0.15) is 0 Å². The molecule has 4 heterocycles. The van der Waals surface area contributed by atoms with Crippen LogP contribution in [0, 0.1) is 0 Å². The van der Waals surface area contributed by atoms with Crippen molar-refractivity contribution in [3.05, 3.63) is 79.4 Å². The van der Waals surface area contributed by atoms with Crippen molar-refractivity contribution in [3.8, 4) is 0 Å². The molecule has 0 unspecified atom stereocenters. The molecule has 4 aromatic heterocycles. The molecule has 378 valence electrons. The maximum Gasteiger partial charge on any atom is 0.0979 e. The van der Waals surface area contributed by atoms with Gasteiger partial charge < -0.3 is 0 Å². The van der Waals surface area contributed by atoms with Crippen LogP contribution in [0.3, 0.4) is 0 Å². The fraction of sp³-hybridized carbons (Fsp3) is 0.500. The van der Waals surface area contributed by atoms with Gasteiger partial charge in [-0.3, -0.25) is 0 Å². The lowest BCUT2D eigenvalue weighted by Gasteiger charge is -2.19. The molecule has 0 saturated carbocycles. The Balaban J connectivity index is 0.960. The molecule has 0 bridgehead atoms. The van der Waals surface area contributed by atoms with E-state index in [4.69, 9.17) is 19.9 Å². The molecule has 0 aliphatic heterocycles.